The Balaban J connectivity index is 2.44. The first-order valence-corrected chi connectivity index (χ1v) is 5.42. The Morgan fingerprint density at radius 2 is 2.40 bits per heavy atom. The van der Waals surface area contributed by atoms with Gasteiger partial charge in [-0.05, 0) is 18.6 Å². The van der Waals surface area contributed by atoms with Crippen molar-refractivity contribution < 1.29 is 13.9 Å². The summed E-state index contributed by atoms with van der Waals surface area (Å²) >= 11 is 0. The van der Waals surface area contributed by atoms with Gasteiger partial charge < -0.3 is 9.15 Å². The van der Waals surface area contributed by atoms with E-state index < -0.39 is 0 Å². The molecule has 1 aromatic heterocycles. The average molecular weight is 210 g/mol. The maximum Gasteiger partial charge on any atom is 0.302 e. The number of furan rings is 1. The summed E-state index contributed by atoms with van der Waals surface area (Å²) in [6.07, 6.45) is 5.34. The highest BCUT2D eigenvalue weighted by Crippen LogP contribution is 2.12. The Kier molecular flexibility index (Phi) is 4.95. The molecule has 3 heteroatoms. The van der Waals surface area contributed by atoms with Crippen molar-refractivity contribution in [1.82, 2.24) is 0 Å². The molecule has 1 rings (SSSR count). The zero-order chi connectivity index (χ0) is 11.1. The van der Waals surface area contributed by atoms with E-state index in [1.165, 1.54) is 6.92 Å². The normalized spacial score (nSPS) is 12.4. The molecule has 0 fully saturated rings. The van der Waals surface area contributed by atoms with Crippen LogP contribution in [0.1, 0.15) is 38.9 Å². The highest BCUT2D eigenvalue weighted by molar-refractivity contribution is 5.66. The minimum Gasteiger partial charge on any atom is -0.469 e. The van der Waals surface area contributed by atoms with Gasteiger partial charge in [0.25, 0.3) is 0 Å². The third-order valence-electron chi connectivity index (χ3n) is 2.22. The molecule has 1 unspecified atom stereocenters. The van der Waals surface area contributed by atoms with Gasteiger partial charge in [-0.2, -0.15) is 0 Å². The highest BCUT2D eigenvalue weighted by atomic mass is 16.5. The summed E-state index contributed by atoms with van der Waals surface area (Å²) in [5, 5.41) is 0. The number of hydrogen-bond donors (Lipinski definition) is 0. The second-order valence-electron chi connectivity index (χ2n) is 3.66. The molecule has 0 aliphatic heterocycles. The first kappa shape index (κ1) is 11.8. The molecule has 0 saturated carbocycles. The Morgan fingerprint density at radius 3 is 2.93 bits per heavy atom. The van der Waals surface area contributed by atoms with E-state index in [1.54, 1.807) is 6.26 Å². The van der Waals surface area contributed by atoms with Gasteiger partial charge in [-0.15, -0.1) is 0 Å². The third kappa shape index (κ3) is 4.68. The monoisotopic (exact) mass is 210 g/mol. The number of unbranched alkanes of at least 4 members (excludes halogenated alkanes) is 1. The molecule has 15 heavy (non-hydrogen) atoms. The lowest BCUT2D eigenvalue weighted by Crippen LogP contribution is -2.18. The summed E-state index contributed by atoms with van der Waals surface area (Å²) in [4.78, 5) is 10.9. The van der Waals surface area contributed by atoms with Crippen molar-refractivity contribution in [2.75, 3.05) is 0 Å². The minimum absolute atomic E-state index is 0.0476. The van der Waals surface area contributed by atoms with Crippen LogP contribution in [-0.4, -0.2) is 12.1 Å². The molecule has 0 spiro atoms. The topological polar surface area (TPSA) is 39.4 Å². The second-order valence-corrected chi connectivity index (χ2v) is 3.66. The van der Waals surface area contributed by atoms with Crippen LogP contribution < -0.4 is 0 Å². The van der Waals surface area contributed by atoms with E-state index in [4.69, 9.17) is 9.15 Å². The van der Waals surface area contributed by atoms with Gasteiger partial charge in [0.15, 0.2) is 0 Å². The highest BCUT2D eigenvalue weighted by Gasteiger charge is 2.13. The predicted molar refractivity (Wildman–Crippen MR) is 57.5 cm³/mol. The molecule has 1 aromatic rings. The van der Waals surface area contributed by atoms with Crippen LogP contribution in [0.3, 0.4) is 0 Å². The number of ether oxygens (including phenoxy) is 1. The van der Waals surface area contributed by atoms with Crippen molar-refractivity contribution in [3.05, 3.63) is 24.2 Å². The fourth-order valence-corrected chi connectivity index (χ4v) is 1.52. The number of esters is 1. The van der Waals surface area contributed by atoms with E-state index in [2.05, 4.69) is 6.92 Å². The van der Waals surface area contributed by atoms with Crippen molar-refractivity contribution in [1.29, 1.82) is 0 Å². The zero-order valence-electron chi connectivity index (χ0n) is 9.36. The Hall–Kier alpha value is -1.25. The molecular weight excluding hydrogens is 192 g/mol. The first-order chi connectivity index (χ1) is 7.22. The summed E-state index contributed by atoms with van der Waals surface area (Å²) in [5.74, 6) is 0.653. The van der Waals surface area contributed by atoms with E-state index >= 15 is 0 Å². The van der Waals surface area contributed by atoms with Crippen LogP contribution in [0.4, 0.5) is 0 Å². The number of rotatable bonds is 6. The fourth-order valence-electron chi connectivity index (χ4n) is 1.52. The molecule has 0 aliphatic rings. The van der Waals surface area contributed by atoms with Gasteiger partial charge >= 0.3 is 5.97 Å². The van der Waals surface area contributed by atoms with Crippen LogP contribution in [0, 0.1) is 0 Å². The molecule has 1 atom stereocenters. The van der Waals surface area contributed by atoms with Crippen LogP contribution in [0.15, 0.2) is 22.8 Å². The van der Waals surface area contributed by atoms with Gasteiger partial charge in [0.1, 0.15) is 11.9 Å². The largest absolute Gasteiger partial charge is 0.469 e. The van der Waals surface area contributed by atoms with Crippen molar-refractivity contribution in [3.63, 3.8) is 0 Å². The number of hydrogen-bond acceptors (Lipinski definition) is 3. The molecular formula is C12H18O3. The van der Waals surface area contributed by atoms with E-state index in [1.807, 2.05) is 12.1 Å². The summed E-state index contributed by atoms with van der Waals surface area (Å²) in [5.41, 5.74) is 0. The molecule has 0 aliphatic carbocycles. The lowest BCUT2D eigenvalue weighted by Gasteiger charge is -2.15. The van der Waals surface area contributed by atoms with Gasteiger partial charge in [-0.3, -0.25) is 4.79 Å². The lowest BCUT2D eigenvalue weighted by atomic mass is 10.1. The van der Waals surface area contributed by atoms with Crippen LogP contribution in [-0.2, 0) is 16.0 Å². The number of carbonyl (C=O) groups is 1. The number of carbonyl (C=O) groups excluding carboxylic acids is 1. The molecule has 3 nitrogen and oxygen atoms in total. The molecule has 0 amide bonds. The van der Waals surface area contributed by atoms with Crippen molar-refractivity contribution in [3.8, 4) is 0 Å². The summed E-state index contributed by atoms with van der Waals surface area (Å²) in [7, 11) is 0. The Morgan fingerprint density at radius 1 is 1.60 bits per heavy atom. The quantitative estimate of drug-likeness (QED) is 0.678. The predicted octanol–water partition coefficient (Wildman–Crippen LogP) is 2.94. The standard InChI is InChI=1S/C12H18O3/c1-3-4-6-12(15-10(2)13)9-11-7-5-8-14-11/h5,7-8,12H,3-4,6,9H2,1-2H3. The molecule has 0 saturated heterocycles. The van der Waals surface area contributed by atoms with Gasteiger partial charge in [0.2, 0.25) is 0 Å². The van der Waals surface area contributed by atoms with Crippen molar-refractivity contribution in [2.45, 2.75) is 45.6 Å². The molecule has 0 bridgehead atoms. The zero-order valence-corrected chi connectivity index (χ0v) is 9.36. The average Bonchev–Trinajstić information content (AvgIpc) is 2.66. The molecule has 84 valence electrons. The summed E-state index contributed by atoms with van der Waals surface area (Å²) < 4.78 is 10.5. The van der Waals surface area contributed by atoms with E-state index in [9.17, 15) is 4.79 Å². The van der Waals surface area contributed by atoms with Crippen LogP contribution >= 0.6 is 0 Å². The fraction of sp³-hybridized carbons (Fsp3) is 0.583. The smallest absolute Gasteiger partial charge is 0.302 e. The van der Waals surface area contributed by atoms with Crippen LogP contribution in [0.5, 0.6) is 0 Å². The molecule has 0 aromatic carbocycles. The van der Waals surface area contributed by atoms with Crippen molar-refractivity contribution >= 4 is 5.97 Å². The summed E-state index contributed by atoms with van der Waals surface area (Å²) in [6, 6.07) is 3.75. The first-order valence-electron chi connectivity index (χ1n) is 5.42. The van der Waals surface area contributed by atoms with Gasteiger partial charge in [0.05, 0.1) is 6.26 Å². The SMILES string of the molecule is CCCCC(Cc1ccco1)OC(C)=O. The Labute approximate surface area is 90.4 Å². The maximum absolute atomic E-state index is 10.9. The van der Waals surface area contributed by atoms with Gasteiger partial charge in [-0.1, -0.05) is 19.8 Å². The van der Waals surface area contributed by atoms with Gasteiger partial charge in [0, 0.05) is 13.3 Å². The third-order valence-corrected chi connectivity index (χ3v) is 2.22. The second kappa shape index (κ2) is 6.27. The molecule has 0 radical (unpaired) electrons. The lowest BCUT2D eigenvalue weighted by molar-refractivity contribution is -0.146. The molecule has 1 heterocycles. The van der Waals surface area contributed by atoms with Gasteiger partial charge in [-0.25, -0.2) is 0 Å². The minimum atomic E-state index is -0.220. The van der Waals surface area contributed by atoms with E-state index in [0.717, 1.165) is 25.0 Å². The van der Waals surface area contributed by atoms with Crippen LogP contribution in [0.25, 0.3) is 0 Å². The Bertz CT molecular complexity index is 277. The van der Waals surface area contributed by atoms with E-state index in [-0.39, 0.29) is 12.1 Å². The van der Waals surface area contributed by atoms with Crippen LogP contribution in [0.2, 0.25) is 0 Å². The summed E-state index contributed by atoms with van der Waals surface area (Å²) in [6.45, 7) is 3.57. The van der Waals surface area contributed by atoms with Crippen molar-refractivity contribution in [2.24, 2.45) is 0 Å². The maximum atomic E-state index is 10.9. The molecule has 0 N–H and O–H groups in total. The van der Waals surface area contributed by atoms with E-state index in [0.29, 0.717) is 6.42 Å².